The highest BCUT2D eigenvalue weighted by Crippen LogP contribution is 2.11. The predicted octanol–water partition coefficient (Wildman–Crippen LogP) is 5.14. The van der Waals surface area contributed by atoms with Crippen molar-refractivity contribution in [3.8, 4) is 0 Å². The summed E-state index contributed by atoms with van der Waals surface area (Å²) in [6, 6.07) is 14.2. The van der Waals surface area contributed by atoms with Gasteiger partial charge >= 0.3 is 0 Å². The van der Waals surface area contributed by atoms with Crippen LogP contribution in [0.3, 0.4) is 0 Å². The van der Waals surface area contributed by atoms with Gasteiger partial charge in [0.1, 0.15) is 5.88 Å². The summed E-state index contributed by atoms with van der Waals surface area (Å²) in [6.07, 6.45) is 1.24. The molecule has 5 N–H and O–H groups in total. The minimum absolute atomic E-state index is 0.0165. The number of alkyl halides is 2. The number of nitrogens with one attached hydrogen (secondary N) is 1. The van der Waals surface area contributed by atoms with Crippen molar-refractivity contribution in [2.24, 2.45) is 5.73 Å². The van der Waals surface area contributed by atoms with E-state index in [2.05, 4.69) is 31.0 Å². The van der Waals surface area contributed by atoms with E-state index in [1.54, 1.807) is 12.1 Å². The molecule has 1 amide bonds. The van der Waals surface area contributed by atoms with Crippen LogP contribution in [0, 0.1) is 0 Å². The zero-order valence-electron chi connectivity index (χ0n) is 23.3. The number of rotatable bonds is 12. The van der Waals surface area contributed by atoms with Gasteiger partial charge in [-0.1, -0.05) is 68.2 Å². The van der Waals surface area contributed by atoms with Gasteiger partial charge in [-0.3, -0.25) is 9.59 Å². The fraction of sp³-hybridized carbons (Fsp3) is 0.500. The van der Waals surface area contributed by atoms with Gasteiger partial charge in [-0.2, -0.15) is 0 Å². The van der Waals surface area contributed by atoms with E-state index in [1.165, 1.54) is 19.6 Å². The first kappa shape index (κ1) is 41.0. The quantitative estimate of drug-likeness (QED) is 0.185. The van der Waals surface area contributed by atoms with E-state index in [0.717, 1.165) is 16.1 Å². The third kappa shape index (κ3) is 23.6. The molecule has 0 fully saturated rings. The number of hydrogen-bond donors (Lipinski definition) is 4. The van der Waals surface area contributed by atoms with E-state index in [0.29, 0.717) is 17.9 Å². The normalized spacial score (nSPS) is 11.5. The van der Waals surface area contributed by atoms with Crippen LogP contribution < -0.4 is 11.1 Å². The topological polar surface area (TPSA) is 116 Å². The number of carbonyl (C=O) groups is 2. The van der Waals surface area contributed by atoms with E-state index >= 15 is 0 Å². The first-order valence-electron chi connectivity index (χ1n) is 12.8. The molecular weight excluding hydrogens is 620 g/mol. The smallest absolute Gasteiger partial charge is 0.236 e. The van der Waals surface area contributed by atoms with Gasteiger partial charge in [-0.25, -0.2) is 0 Å². The molecule has 0 aliphatic heterocycles. The Kier molecular flexibility index (Phi) is 27.4. The molecule has 2 unspecified atom stereocenters. The molecule has 0 spiro atoms. The minimum Gasteiger partial charge on any atom is -0.395 e. The van der Waals surface area contributed by atoms with Crippen LogP contribution in [0.2, 0.25) is 10.0 Å². The van der Waals surface area contributed by atoms with Crippen molar-refractivity contribution >= 4 is 69.2 Å². The van der Waals surface area contributed by atoms with Crippen LogP contribution in [0.5, 0.6) is 0 Å². The molecule has 0 aromatic heterocycles. The van der Waals surface area contributed by atoms with Gasteiger partial charge in [0.2, 0.25) is 11.1 Å². The van der Waals surface area contributed by atoms with Crippen LogP contribution in [-0.2, 0) is 22.4 Å². The van der Waals surface area contributed by atoms with Crippen molar-refractivity contribution in [1.29, 1.82) is 0 Å². The molecule has 2 aromatic rings. The van der Waals surface area contributed by atoms with Crippen molar-refractivity contribution in [3.05, 3.63) is 69.7 Å². The van der Waals surface area contributed by atoms with Gasteiger partial charge < -0.3 is 26.2 Å². The lowest BCUT2D eigenvalue weighted by Gasteiger charge is -2.15. The average molecular weight is 662 g/mol. The van der Waals surface area contributed by atoms with Crippen LogP contribution >= 0.6 is 58.0 Å². The number of hydrogen-bond acceptors (Lipinski definition) is 6. The molecule has 0 saturated carbocycles. The molecule has 0 aliphatic carbocycles. The number of benzene rings is 2. The Morgan fingerprint density at radius 2 is 1.20 bits per heavy atom. The number of aliphatic hydroxyl groups excluding tert-OH is 2. The van der Waals surface area contributed by atoms with Crippen molar-refractivity contribution in [2.75, 3.05) is 44.6 Å². The molecule has 2 rings (SSSR count). The van der Waals surface area contributed by atoms with Crippen LogP contribution in [-0.4, -0.2) is 83.0 Å². The third-order valence-corrected chi connectivity index (χ3v) is 6.45. The predicted molar refractivity (Wildman–Crippen MR) is 170 cm³/mol. The standard InChI is InChI=1S/C11H13Cl2NO2.C9H12ClNO.C6H15N.C2H2Cl2O/c12-6-11(16)14-10(7-15)5-8-1-3-9(13)4-2-8;10-8-3-1-7(2-4-8)5-9(11)6-12;1-4-7(5-2)6-3;3-1-2(4)5/h1-4,10,15H,5-7H2,(H,14,16);1-4,9,12H,5-6,11H2;4-6H2,1-3H3;1H2. The second-order valence-electron chi connectivity index (χ2n) is 8.29. The fourth-order valence-electron chi connectivity index (χ4n) is 2.99. The number of halogens is 5. The second kappa shape index (κ2) is 26.7. The lowest BCUT2D eigenvalue weighted by Crippen LogP contribution is -2.39. The SMILES string of the molecule is CCN(CC)CC.NC(CO)Cc1ccc(Cl)cc1.O=C(CCl)NC(CO)Cc1ccc(Cl)cc1.O=C(Cl)CCl. The molecule has 2 aromatic carbocycles. The summed E-state index contributed by atoms with van der Waals surface area (Å²) in [7, 11) is 0. The summed E-state index contributed by atoms with van der Waals surface area (Å²) in [6.45, 7) is 10.0. The Morgan fingerprint density at radius 1 is 0.800 bits per heavy atom. The zero-order valence-corrected chi connectivity index (χ0v) is 27.0. The van der Waals surface area contributed by atoms with Crippen molar-refractivity contribution in [1.82, 2.24) is 10.2 Å². The Morgan fingerprint density at radius 3 is 1.48 bits per heavy atom. The first-order valence-corrected chi connectivity index (χ1v) is 15.0. The van der Waals surface area contributed by atoms with Gasteiger partial charge in [0.25, 0.3) is 0 Å². The summed E-state index contributed by atoms with van der Waals surface area (Å²) >= 11 is 26.4. The number of aliphatic hydroxyl groups is 2. The van der Waals surface area contributed by atoms with Gasteiger partial charge in [0, 0.05) is 16.1 Å². The second-order valence-corrected chi connectivity index (χ2v) is 10.1. The van der Waals surface area contributed by atoms with Crippen LogP contribution in [0.1, 0.15) is 31.9 Å². The maximum atomic E-state index is 11.1. The highest BCUT2D eigenvalue weighted by atomic mass is 35.5. The lowest BCUT2D eigenvalue weighted by atomic mass is 10.1. The van der Waals surface area contributed by atoms with Crippen molar-refractivity contribution in [2.45, 2.75) is 45.7 Å². The third-order valence-electron chi connectivity index (χ3n) is 5.19. The van der Waals surface area contributed by atoms with Crippen LogP contribution in [0.25, 0.3) is 0 Å². The number of nitrogens with zero attached hydrogens (tertiary/aromatic N) is 1. The van der Waals surface area contributed by atoms with Crippen LogP contribution in [0.4, 0.5) is 0 Å². The van der Waals surface area contributed by atoms with Gasteiger partial charge in [-0.15, -0.1) is 23.2 Å². The maximum Gasteiger partial charge on any atom is 0.236 e. The number of amides is 1. The van der Waals surface area contributed by atoms with E-state index in [9.17, 15) is 9.59 Å². The van der Waals surface area contributed by atoms with Crippen LogP contribution in [0.15, 0.2) is 48.5 Å². The molecular formula is C28H42Cl5N3O4. The summed E-state index contributed by atoms with van der Waals surface area (Å²) in [5.41, 5.74) is 7.66. The molecule has 0 heterocycles. The number of carbonyl (C=O) groups excluding carboxylic acids is 2. The molecule has 40 heavy (non-hydrogen) atoms. The van der Waals surface area contributed by atoms with E-state index in [-0.39, 0.29) is 43.0 Å². The molecule has 12 heteroatoms. The number of nitrogens with two attached hydrogens (primary N) is 1. The van der Waals surface area contributed by atoms with Crippen molar-refractivity contribution in [3.63, 3.8) is 0 Å². The van der Waals surface area contributed by atoms with Gasteiger partial charge in [-0.05, 0) is 79.5 Å². The fourth-order valence-corrected chi connectivity index (χ4v) is 3.32. The molecule has 2 atom stereocenters. The Balaban J connectivity index is 0. The summed E-state index contributed by atoms with van der Waals surface area (Å²) < 4.78 is 0. The molecule has 0 bridgehead atoms. The largest absolute Gasteiger partial charge is 0.395 e. The monoisotopic (exact) mass is 659 g/mol. The van der Waals surface area contributed by atoms with Gasteiger partial charge in [0.15, 0.2) is 0 Å². The summed E-state index contributed by atoms with van der Waals surface area (Å²) in [4.78, 5) is 22.9. The van der Waals surface area contributed by atoms with E-state index in [1.807, 2.05) is 36.4 Å². The van der Waals surface area contributed by atoms with Gasteiger partial charge in [0.05, 0.1) is 25.1 Å². The first-order chi connectivity index (χ1) is 19.0. The average Bonchev–Trinajstić information content (AvgIpc) is 2.96. The molecule has 228 valence electrons. The zero-order chi connectivity index (χ0) is 30.9. The Labute approximate surface area is 263 Å². The highest BCUT2D eigenvalue weighted by molar-refractivity contribution is 6.67. The maximum absolute atomic E-state index is 11.1. The van der Waals surface area contributed by atoms with Crippen molar-refractivity contribution < 1.29 is 19.8 Å². The highest BCUT2D eigenvalue weighted by Gasteiger charge is 2.11. The molecule has 0 saturated heterocycles. The van der Waals surface area contributed by atoms with E-state index < -0.39 is 5.24 Å². The molecule has 7 nitrogen and oxygen atoms in total. The Hall–Kier alpha value is -1.13. The summed E-state index contributed by atoms with van der Waals surface area (Å²) in [5, 5.41) is 21.3. The summed E-state index contributed by atoms with van der Waals surface area (Å²) in [5.74, 6) is -0.478. The minimum atomic E-state index is -0.508. The Bertz CT molecular complexity index is 896. The molecule has 0 aliphatic rings. The lowest BCUT2D eigenvalue weighted by molar-refractivity contribution is -0.119. The molecule has 0 radical (unpaired) electrons. The van der Waals surface area contributed by atoms with E-state index in [4.69, 9.17) is 74.0 Å².